The molecule has 0 aliphatic carbocycles. The maximum atomic E-state index is 2.64. The molecule has 2 nitrogen and oxygen atoms in total. The molecule has 0 aromatic carbocycles. The molecule has 0 N–H and O–H groups in total. The number of imidazole rings is 1. The van der Waals surface area contributed by atoms with Crippen molar-refractivity contribution in [2.24, 2.45) is 0 Å². The summed E-state index contributed by atoms with van der Waals surface area (Å²) in [6.45, 7) is 9.40. The maximum absolute atomic E-state index is 2.64. The van der Waals surface area contributed by atoms with Gasteiger partial charge in [0.2, 0.25) is 0 Å². The molecule has 0 saturated heterocycles. The highest BCUT2D eigenvalue weighted by Gasteiger charge is 2.16. The topological polar surface area (TPSA) is 8.81 Å². The van der Waals surface area contributed by atoms with Gasteiger partial charge in [-0.2, -0.15) is 0 Å². The summed E-state index contributed by atoms with van der Waals surface area (Å²) in [7, 11) is 0. The lowest BCUT2D eigenvalue weighted by Gasteiger charge is -2.07. The first-order valence-electron chi connectivity index (χ1n) is 19.9. The van der Waals surface area contributed by atoms with Gasteiger partial charge in [-0.1, -0.05) is 188 Å². The van der Waals surface area contributed by atoms with Gasteiger partial charge in [0, 0.05) is 6.42 Å². The zero-order valence-electron chi connectivity index (χ0n) is 29.6. The highest BCUT2D eigenvalue weighted by Crippen LogP contribution is 2.15. The van der Waals surface area contributed by atoms with Crippen LogP contribution < -0.4 is 4.57 Å². The molecule has 1 aromatic rings. The van der Waals surface area contributed by atoms with Crippen molar-refractivity contribution in [3.8, 4) is 0 Å². The Morgan fingerprint density at radius 1 is 0.405 bits per heavy atom. The predicted molar refractivity (Wildman–Crippen MR) is 188 cm³/mol. The molecule has 1 aromatic heterocycles. The zero-order chi connectivity index (χ0) is 30.2. The van der Waals surface area contributed by atoms with E-state index >= 15 is 0 Å². The van der Waals surface area contributed by atoms with Crippen LogP contribution in [0.15, 0.2) is 12.4 Å². The Hall–Kier alpha value is -0.790. The number of hydrogen-bond acceptors (Lipinski definition) is 0. The Morgan fingerprint density at radius 2 is 0.738 bits per heavy atom. The van der Waals surface area contributed by atoms with E-state index in [1.54, 1.807) is 5.82 Å². The van der Waals surface area contributed by atoms with E-state index in [-0.39, 0.29) is 0 Å². The summed E-state index contributed by atoms with van der Waals surface area (Å²) in [5, 5.41) is 0. The van der Waals surface area contributed by atoms with Crippen molar-refractivity contribution in [1.82, 2.24) is 4.57 Å². The summed E-state index contributed by atoms with van der Waals surface area (Å²) >= 11 is 0. The van der Waals surface area contributed by atoms with E-state index in [1.165, 1.54) is 219 Å². The molecule has 0 aliphatic rings. The van der Waals surface area contributed by atoms with E-state index < -0.39 is 0 Å². The second-order valence-corrected chi connectivity index (χ2v) is 13.8. The molecule has 1 heterocycles. The molecule has 0 fully saturated rings. The molecular weight excluding hydrogens is 508 g/mol. The highest BCUT2D eigenvalue weighted by atomic mass is 15.1. The Kier molecular flexibility index (Phi) is 29.5. The van der Waals surface area contributed by atoms with Crippen LogP contribution in [0.25, 0.3) is 0 Å². The first kappa shape index (κ1) is 39.2. The van der Waals surface area contributed by atoms with Gasteiger partial charge in [-0.3, -0.25) is 0 Å². The SMILES string of the molecule is CCCCCCCCCCCCCCC[n+]1ccn(CCCCCCCCCCCC)c1CCCCCCCCCC. The van der Waals surface area contributed by atoms with E-state index in [9.17, 15) is 0 Å². The van der Waals surface area contributed by atoms with Crippen LogP contribution in [0.5, 0.6) is 0 Å². The first-order valence-corrected chi connectivity index (χ1v) is 19.9. The molecule has 42 heavy (non-hydrogen) atoms. The fourth-order valence-corrected chi connectivity index (χ4v) is 6.68. The number of aromatic nitrogens is 2. The van der Waals surface area contributed by atoms with Gasteiger partial charge < -0.3 is 0 Å². The minimum Gasteiger partial charge on any atom is -0.234 e. The average Bonchev–Trinajstić information content (AvgIpc) is 3.38. The van der Waals surface area contributed by atoms with Crippen LogP contribution in [0, 0.1) is 0 Å². The molecule has 0 aliphatic heterocycles. The van der Waals surface area contributed by atoms with Crippen molar-refractivity contribution >= 4 is 0 Å². The fraction of sp³-hybridized carbons (Fsp3) is 0.925. The summed E-state index contributed by atoms with van der Waals surface area (Å²) in [6, 6.07) is 0. The van der Waals surface area contributed by atoms with E-state index in [0.29, 0.717) is 0 Å². The molecule has 0 atom stereocenters. The molecule has 0 unspecified atom stereocenters. The van der Waals surface area contributed by atoms with Crippen molar-refractivity contribution < 1.29 is 4.57 Å². The lowest BCUT2D eigenvalue weighted by molar-refractivity contribution is -0.704. The number of nitrogens with zero attached hydrogens (tertiary/aromatic N) is 2. The van der Waals surface area contributed by atoms with Gasteiger partial charge in [0.25, 0.3) is 5.82 Å². The second kappa shape index (κ2) is 31.6. The Labute approximate surface area is 266 Å². The fourth-order valence-electron chi connectivity index (χ4n) is 6.68. The van der Waals surface area contributed by atoms with Gasteiger partial charge in [-0.05, 0) is 32.1 Å². The number of hydrogen-bond donors (Lipinski definition) is 0. The molecule has 0 amide bonds. The van der Waals surface area contributed by atoms with Crippen LogP contribution in [-0.2, 0) is 19.5 Å². The van der Waals surface area contributed by atoms with Crippen LogP contribution in [0.1, 0.15) is 226 Å². The van der Waals surface area contributed by atoms with Crippen LogP contribution >= 0.6 is 0 Å². The molecular formula is C40H79N2+. The first-order chi connectivity index (χ1) is 20.8. The van der Waals surface area contributed by atoms with E-state index in [0.717, 1.165) is 0 Å². The third kappa shape index (κ3) is 23.6. The lowest BCUT2D eigenvalue weighted by Crippen LogP contribution is -2.37. The quantitative estimate of drug-likeness (QED) is 0.0560. The number of unbranched alkanes of at least 4 members (excludes halogenated alkanes) is 28. The third-order valence-corrected chi connectivity index (χ3v) is 9.60. The van der Waals surface area contributed by atoms with E-state index in [4.69, 9.17) is 0 Å². The minimum atomic E-state index is 1.23. The van der Waals surface area contributed by atoms with Crippen LogP contribution in [0.3, 0.4) is 0 Å². The largest absolute Gasteiger partial charge is 0.256 e. The van der Waals surface area contributed by atoms with Gasteiger partial charge in [0.1, 0.15) is 12.4 Å². The van der Waals surface area contributed by atoms with Gasteiger partial charge in [-0.15, -0.1) is 0 Å². The summed E-state index contributed by atoms with van der Waals surface area (Å²) in [5.74, 6) is 1.62. The Morgan fingerprint density at radius 3 is 1.14 bits per heavy atom. The van der Waals surface area contributed by atoms with Gasteiger partial charge >= 0.3 is 0 Å². The number of rotatable bonds is 34. The molecule has 0 spiro atoms. The van der Waals surface area contributed by atoms with Crippen molar-refractivity contribution in [3.63, 3.8) is 0 Å². The number of aryl methyl sites for hydroxylation is 2. The summed E-state index contributed by atoms with van der Waals surface area (Å²) in [6.07, 6.45) is 50.4. The van der Waals surface area contributed by atoms with E-state index in [2.05, 4.69) is 42.3 Å². The van der Waals surface area contributed by atoms with Gasteiger partial charge in [-0.25, -0.2) is 9.13 Å². The summed E-state index contributed by atoms with van der Waals surface area (Å²) < 4.78 is 5.27. The van der Waals surface area contributed by atoms with Crippen LogP contribution in [0.2, 0.25) is 0 Å². The summed E-state index contributed by atoms with van der Waals surface area (Å²) in [5.41, 5.74) is 0. The van der Waals surface area contributed by atoms with Crippen molar-refractivity contribution in [2.75, 3.05) is 0 Å². The van der Waals surface area contributed by atoms with Crippen molar-refractivity contribution in [1.29, 1.82) is 0 Å². The average molecular weight is 588 g/mol. The highest BCUT2D eigenvalue weighted by molar-refractivity contribution is 4.84. The summed E-state index contributed by atoms with van der Waals surface area (Å²) in [4.78, 5) is 0. The van der Waals surface area contributed by atoms with Crippen LogP contribution in [0.4, 0.5) is 0 Å². The standard InChI is InChI=1S/C40H79N2/c1-4-7-10-13-16-19-21-22-23-25-28-31-34-37-42-39-38-41(36-33-30-27-24-20-17-14-11-8-5-2)40(42)35-32-29-26-18-15-12-9-6-3/h38-39H,4-37H2,1-3H3/q+1. The Bertz CT molecular complexity index is 648. The van der Waals surface area contributed by atoms with Crippen molar-refractivity contribution in [2.45, 2.75) is 239 Å². The van der Waals surface area contributed by atoms with Crippen molar-refractivity contribution in [3.05, 3.63) is 18.2 Å². The van der Waals surface area contributed by atoms with Gasteiger partial charge in [0.05, 0.1) is 13.1 Å². The van der Waals surface area contributed by atoms with Gasteiger partial charge in [0.15, 0.2) is 0 Å². The smallest absolute Gasteiger partial charge is 0.234 e. The van der Waals surface area contributed by atoms with Crippen LogP contribution in [-0.4, -0.2) is 4.57 Å². The second-order valence-electron chi connectivity index (χ2n) is 13.8. The predicted octanol–water partition coefficient (Wildman–Crippen LogP) is 13.5. The minimum absolute atomic E-state index is 1.23. The Balaban J connectivity index is 2.28. The molecule has 1 rings (SSSR count). The molecule has 248 valence electrons. The van der Waals surface area contributed by atoms with E-state index in [1.807, 2.05) is 0 Å². The molecule has 0 bridgehead atoms. The maximum Gasteiger partial charge on any atom is 0.256 e. The lowest BCUT2D eigenvalue weighted by atomic mass is 10.0. The normalized spacial score (nSPS) is 11.6. The molecule has 0 saturated carbocycles. The monoisotopic (exact) mass is 588 g/mol. The zero-order valence-corrected chi connectivity index (χ0v) is 29.6. The third-order valence-electron chi connectivity index (χ3n) is 9.60. The molecule has 2 heteroatoms. The molecule has 0 radical (unpaired) electrons.